The third kappa shape index (κ3) is 8.12. The standard InChI is InChI=1S/C17H27NO2S/c1-13(2)5-4-6-14(3)18-17(20)12-21-16-9-7-15(11-19)8-10-16/h7-10,13-14,19H,4-6,11-12H2,1-3H3,(H,18,20). The van der Waals surface area contributed by atoms with E-state index in [4.69, 9.17) is 5.11 Å². The van der Waals surface area contributed by atoms with Gasteiger partial charge in [0.2, 0.25) is 5.91 Å². The van der Waals surface area contributed by atoms with Crippen LogP contribution in [-0.4, -0.2) is 22.8 Å². The van der Waals surface area contributed by atoms with Crippen LogP contribution >= 0.6 is 11.8 Å². The molecule has 0 aliphatic rings. The van der Waals surface area contributed by atoms with Gasteiger partial charge in [-0.05, 0) is 37.0 Å². The lowest BCUT2D eigenvalue weighted by molar-refractivity contribution is -0.119. The average Bonchev–Trinajstić information content (AvgIpc) is 2.45. The normalized spacial score (nSPS) is 12.4. The molecule has 0 aliphatic carbocycles. The molecule has 0 bridgehead atoms. The van der Waals surface area contributed by atoms with Crippen LogP contribution in [0.3, 0.4) is 0 Å². The molecule has 0 saturated carbocycles. The SMILES string of the molecule is CC(C)CCCC(C)NC(=O)CSc1ccc(CO)cc1. The Morgan fingerprint density at radius 2 is 1.86 bits per heavy atom. The lowest BCUT2D eigenvalue weighted by Crippen LogP contribution is -2.33. The van der Waals surface area contributed by atoms with Crippen LogP contribution in [0.2, 0.25) is 0 Å². The summed E-state index contributed by atoms with van der Waals surface area (Å²) in [6, 6.07) is 7.89. The van der Waals surface area contributed by atoms with E-state index in [0.29, 0.717) is 5.75 Å². The molecule has 0 saturated heterocycles. The molecular weight excluding hydrogens is 282 g/mol. The molecule has 0 aliphatic heterocycles. The third-order valence-corrected chi connectivity index (χ3v) is 4.31. The molecule has 0 radical (unpaired) electrons. The second kappa shape index (κ2) is 9.85. The number of thioether (sulfide) groups is 1. The number of aliphatic hydroxyl groups excluding tert-OH is 1. The van der Waals surface area contributed by atoms with E-state index < -0.39 is 0 Å². The van der Waals surface area contributed by atoms with Crippen LogP contribution < -0.4 is 5.32 Å². The highest BCUT2D eigenvalue weighted by atomic mass is 32.2. The Balaban J connectivity index is 2.23. The Morgan fingerprint density at radius 1 is 1.19 bits per heavy atom. The third-order valence-electron chi connectivity index (χ3n) is 3.30. The minimum atomic E-state index is 0.0549. The molecule has 3 nitrogen and oxygen atoms in total. The van der Waals surface area contributed by atoms with Crippen molar-refractivity contribution in [3.8, 4) is 0 Å². The Kier molecular flexibility index (Phi) is 8.47. The van der Waals surface area contributed by atoms with Gasteiger partial charge in [0.25, 0.3) is 0 Å². The van der Waals surface area contributed by atoms with Crippen LogP contribution in [0.1, 0.15) is 45.6 Å². The van der Waals surface area contributed by atoms with Gasteiger partial charge in [-0.15, -0.1) is 11.8 Å². The Morgan fingerprint density at radius 3 is 2.43 bits per heavy atom. The van der Waals surface area contributed by atoms with E-state index in [1.807, 2.05) is 24.3 Å². The van der Waals surface area contributed by atoms with E-state index >= 15 is 0 Å². The van der Waals surface area contributed by atoms with Crippen LogP contribution in [-0.2, 0) is 11.4 Å². The predicted octanol–water partition coefficient (Wildman–Crippen LogP) is 3.60. The van der Waals surface area contributed by atoms with Crippen LogP contribution in [0.4, 0.5) is 0 Å². The highest BCUT2D eigenvalue weighted by Crippen LogP contribution is 2.18. The van der Waals surface area contributed by atoms with E-state index in [0.717, 1.165) is 29.2 Å². The first-order valence-corrected chi connectivity index (χ1v) is 8.61. The summed E-state index contributed by atoms with van der Waals surface area (Å²) in [6.45, 7) is 6.57. The van der Waals surface area contributed by atoms with Gasteiger partial charge in [-0.3, -0.25) is 4.79 Å². The molecule has 1 rings (SSSR count). The summed E-state index contributed by atoms with van der Waals surface area (Å²) >= 11 is 1.52. The summed E-state index contributed by atoms with van der Waals surface area (Å²) in [5.74, 6) is 1.25. The fraction of sp³-hybridized carbons (Fsp3) is 0.588. The number of aliphatic hydroxyl groups is 1. The molecule has 0 aromatic heterocycles. The Labute approximate surface area is 132 Å². The number of hydrogen-bond donors (Lipinski definition) is 2. The number of carbonyl (C=O) groups excluding carboxylic acids is 1. The summed E-state index contributed by atoms with van der Waals surface area (Å²) in [4.78, 5) is 12.9. The molecule has 0 spiro atoms. The first kappa shape index (κ1) is 18.1. The number of hydrogen-bond acceptors (Lipinski definition) is 3. The molecule has 1 aromatic carbocycles. The van der Waals surface area contributed by atoms with E-state index in [-0.39, 0.29) is 18.6 Å². The number of nitrogens with one attached hydrogen (secondary N) is 1. The maximum absolute atomic E-state index is 11.9. The molecule has 0 fully saturated rings. The second-order valence-electron chi connectivity index (χ2n) is 5.88. The van der Waals surface area contributed by atoms with E-state index in [2.05, 4.69) is 26.1 Å². The number of benzene rings is 1. The maximum atomic E-state index is 11.9. The van der Waals surface area contributed by atoms with Crippen molar-refractivity contribution >= 4 is 17.7 Å². The molecule has 1 unspecified atom stereocenters. The largest absolute Gasteiger partial charge is 0.392 e. The van der Waals surface area contributed by atoms with Crippen LogP contribution in [0, 0.1) is 5.92 Å². The fourth-order valence-electron chi connectivity index (χ4n) is 2.06. The van der Waals surface area contributed by atoms with E-state index in [9.17, 15) is 4.79 Å². The monoisotopic (exact) mass is 309 g/mol. The van der Waals surface area contributed by atoms with Gasteiger partial charge in [-0.25, -0.2) is 0 Å². The predicted molar refractivity (Wildman–Crippen MR) is 89.4 cm³/mol. The van der Waals surface area contributed by atoms with Crippen molar-refractivity contribution in [2.24, 2.45) is 5.92 Å². The minimum Gasteiger partial charge on any atom is -0.392 e. The van der Waals surface area contributed by atoms with Crippen molar-refractivity contribution in [1.29, 1.82) is 0 Å². The molecule has 2 N–H and O–H groups in total. The zero-order valence-electron chi connectivity index (χ0n) is 13.3. The molecule has 118 valence electrons. The van der Waals surface area contributed by atoms with Gasteiger partial charge in [0.05, 0.1) is 12.4 Å². The number of amides is 1. The summed E-state index contributed by atoms with van der Waals surface area (Å²) in [7, 11) is 0. The zero-order valence-corrected chi connectivity index (χ0v) is 14.1. The lowest BCUT2D eigenvalue weighted by atomic mass is 10.0. The van der Waals surface area contributed by atoms with Gasteiger partial charge in [-0.1, -0.05) is 38.8 Å². The number of rotatable bonds is 9. The van der Waals surface area contributed by atoms with Gasteiger partial charge < -0.3 is 10.4 Å². The smallest absolute Gasteiger partial charge is 0.230 e. The van der Waals surface area contributed by atoms with Crippen LogP contribution in [0.25, 0.3) is 0 Å². The van der Waals surface area contributed by atoms with Gasteiger partial charge in [0, 0.05) is 10.9 Å². The van der Waals surface area contributed by atoms with Crippen molar-refractivity contribution < 1.29 is 9.90 Å². The van der Waals surface area contributed by atoms with Crippen molar-refractivity contribution in [3.63, 3.8) is 0 Å². The highest BCUT2D eigenvalue weighted by molar-refractivity contribution is 8.00. The zero-order chi connectivity index (χ0) is 15.7. The van der Waals surface area contributed by atoms with Crippen molar-refractivity contribution in [2.45, 2.75) is 57.6 Å². The van der Waals surface area contributed by atoms with Gasteiger partial charge >= 0.3 is 0 Å². The summed E-state index contributed by atoms with van der Waals surface area (Å²) in [5.41, 5.74) is 0.891. The summed E-state index contributed by atoms with van der Waals surface area (Å²) < 4.78 is 0. The molecule has 4 heteroatoms. The number of carbonyl (C=O) groups is 1. The average molecular weight is 309 g/mol. The molecule has 1 atom stereocenters. The fourth-order valence-corrected chi connectivity index (χ4v) is 2.77. The van der Waals surface area contributed by atoms with Crippen molar-refractivity contribution in [3.05, 3.63) is 29.8 Å². The Bertz CT molecular complexity index is 417. The quantitative estimate of drug-likeness (QED) is 0.685. The van der Waals surface area contributed by atoms with E-state index in [1.165, 1.54) is 18.2 Å². The summed E-state index contributed by atoms with van der Waals surface area (Å²) in [6.07, 6.45) is 3.42. The van der Waals surface area contributed by atoms with E-state index in [1.54, 1.807) is 0 Å². The lowest BCUT2D eigenvalue weighted by Gasteiger charge is -2.14. The molecule has 1 aromatic rings. The minimum absolute atomic E-state index is 0.0549. The van der Waals surface area contributed by atoms with Gasteiger partial charge in [-0.2, -0.15) is 0 Å². The first-order valence-electron chi connectivity index (χ1n) is 7.63. The van der Waals surface area contributed by atoms with Gasteiger partial charge in [0.15, 0.2) is 0 Å². The second-order valence-corrected chi connectivity index (χ2v) is 6.93. The maximum Gasteiger partial charge on any atom is 0.230 e. The summed E-state index contributed by atoms with van der Waals surface area (Å²) in [5, 5.41) is 12.0. The van der Waals surface area contributed by atoms with Crippen molar-refractivity contribution in [1.82, 2.24) is 5.32 Å². The molecule has 21 heavy (non-hydrogen) atoms. The first-order chi connectivity index (χ1) is 10.0. The van der Waals surface area contributed by atoms with Crippen LogP contribution in [0.5, 0.6) is 0 Å². The van der Waals surface area contributed by atoms with Crippen LogP contribution in [0.15, 0.2) is 29.2 Å². The molecule has 0 heterocycles. The molecular formula is C17H27NO2S. The van der Waals surface area contributed by atoms with Crippen molar-refractivity contribution in [2.75, 3.05) is 5.75 Å². The Hall–Kier alpha value is -1.00. The van der Waals surface area contributed by atoms with Gasteiger partial charge in [0.1, 0.15) is 0 Å². The highest BCUT2D eigenvalue weighted by Gasteiger charge is 2.08. The molecule has 1 amide bonds. The topological polar surface area (TPSA) is 49.3 Å².